The van der Waals surface area contributed by atoms with Crippen LogP contribution < -0.4 is 0 Å². The summed E-state index contributed by atoms with van der Waals surface area (Å²) in [5, 5.41) is 20.4. The number of fused-ring (bicyclic) bond motifs is 16. The van der Waals surface area contributed by atoms with E-state index in [1.165, 1.54) is 214 Å². The van der Waals surface area contributed by atoms with E-state index in [4.69, 9.17) is 7.85 Å². The van der Waals surface area contributed by atoms with Crippen LogP contribution in [0.5, 0.6) is 0 Å². The third kappa shape index (κ3) is 13.4. The number of rotatable bonds is 10. The van der Waals surface area contributed by atoms with Crippen molar-refractivity contribution in [2.45, 2.75) is 0 Å². The first-order chi connectivity index (χ1) is 62.0. The minimum Gasteiger partial charge on any atom is -0.309 e. The molecule has 125 heavy (non-hydrogen) atoms. The molecule has 1 atom stereocenters. The standard InChI is InChI=1S/C56H36N2.C36H24N2.C26H18.CH4BP/c1-3-15-37(16-4-1)55-45-21-7-9-23-47(45)56(48-24-10-8-22-46(48)55)38-27-31-42(32-28-38)58-52-26-14-12-20-44(52)50-36-40(30-34-54(50)58)39-29-33-53-49(35-39)43-19-11-13-25-51(43)57(53)41-17-5-2-6-18-41;1-5-13-33-29(9-1)30-10-2-6-14-34(30)37(33)27-21-17-25(18-22-27)26-19-23-28(24-20-26)38-35-15-7-3-11-31(35)32-12-4-8-16-36(32)38;1-3-11-19(12-4-1)25-21-15-7-9-17-23(21)26(20-13-5-2-6-14-20)24-18-10-8-16-22(24)25;2-1-3/h1-36H;1-24H;1-18H;1,3H2. The molecule has 0 N–H and O–H groups in total. The van der Waals surface area contributed by atoms with Gasteiger partial charge in [0.1, 0.15) is 0 Å². The number of benzene rings is 21. The van der Waals surface area contributed by atoms with Crippen molar-refractivity contribution in [1.29, 1.82) is 0 Å². The Hall–Kier alpha value is -15.6. The summed E-state index contributed by atoms with van der Waals surface area (Å²) < 4.78 is 9.52. The lowest BCUT2D eigenvalue weighted by atomic mass is 9.86. The Morgan fingerprint density at radius 2 is 0.304 bits per heavy atom. The van der Waals surface area contributed by atoms with Gasteiger partial charge in [-0.05, 0) is 219 Å². The average molecular weight is 1610 g/mol. The molecule has 1 unspecified atom stereocenters. The lowest BCUT2D eigenvalue weighted by molar-refractivity contribution is 1.18. The molecular weight excluding hydrogens is 1530 g/mol. The fraction of sp³-hybridized carbons (Fsp3) is 0.00840. The maximum absolute atomic E-state index is 4.81. The summed E-state index contributed by atoms with van der Waals surface area (Å²) in [5.74, 6) is 0. The van der Waals surface area contributed by atoms with E-state index in [9.17, 15) is 0 Å². The molecule has 0 aliphatic rings. The molecule has 0 saturated carbocycles. The summed E-state index contributed by atoms with van der Waals surface area (Å²) in [6, 6.07) is 172. The Bertz CT molecular complexity index is 7880. The highest BCUT2D eigenvalue weighted by Crippen LogP contribution is 2.48. The van der Waals surface area contributed by atoms with Gasteiger partial charge in [-0.1, -0.05) is 370 Å². The summed E-state index contributed by atoms with van der Waals surface area (Å²) in [6.45, 7) is 0. The van der Waals surface area contributed by atoms with E-state index < -0.39 is 0 Å². The SMILES string of the molecule is [B]CP.c1ccc(-c2c3ccccc3c(-c3ccc(-n4c5ccccc5c5cc(-c6ccc7c(c6)c6ccccc6n7-c6ccccc6)ccc54)cc3)c3ccccc23)cc1.c1ccc(-c2c3ccccc3c(-c3ccccc3)c3ccccc23)cc1.c1ccc2c(c1)c1ccccc1n2-c1ccc(-c2ccc(-n3c4ccccc4c4ccccc43)cc2)cc1. The van der Waals surface area contributed by atoms with E-state index in [-0.39, 0.29) is 0 Å². The highest BCUT2D eigenvalue weighted by Gasteiger charge is 2.23. The molecule has 21 aromatic carbocycles. The third-order valence-electron chi connectivity index (χ3n) is 24.9. The predicted molar refractivity (Wildman–Crippen MR) is 540 cm³/mol. The minimum absolute atomic E-state index is 0.667. The van der Waals surface area contributed by atoms with Gasteiger partial charge in [-0.15, -0.1) is 9.24 Å². The van der Waals surface area contributed by atoms with E-state index in [0.29, 0.717) is 6.06 Å². The van der Waals surface area contributed by atoms with Crippen LogP contribution in [0.3, 0.4) is 0 Å². The quantitative estimate of drug-likeness (QED) is 0.0739. The second-order valence-electron chi connectivity index (χ2n) is 31.9. The van der Waals surface area contributed by atoms with Gasteiger partial charge in [0.2, 0.25) is 0 Å². The highest BCUT2D eigenvalue weighted by molar-refractivity contribution is 7.19. The second kappa shape index (κ2) is 32.7. The molecule has 0 saturated heterocycles. The van der Waals surface area contributed by atoms with E-state index in [1.807, 2.05) is 0 Å². The van der Waals surface area contributed by atoms with Crippen LogP contribution in [0.15, 0.2) is 473 Å². The Kier molecular flexibility index (Phi) is 19.8. The van der Waals surface area contributed by atoms with Crippen molar-refractivity contribution in [1.82, 2.24) is 18.3 Å². The second-order valence-corrected chi connectivity index (χ2v) is 32.4. The maximum Gasteiger partial charge on any atom is 0.0709 e. The molecule has 4 nitrogen and oxygen atoms in total. The van der Waals surface area contributed by atoms with Crippen LogP contribution in [0.1, 0.15) is 0 Å². The number of aromatic nitrogens is 4. The monoisotopic (exact) mass is 1610 g/mol. The highest BCUT2D eigenvalue weighted by atomic mass is 31.0. The minimum atomic E-state index is 0.667. The van der Waals surface area contributed by atoms with Crippen molar-refractivity contribution in [2.75, 3.05) is 6.06 Å². The first-order valence-electron chi connectivity index (χ1n) is 42.9. The van der Waals surface area contributed by atoms with E-state index in [0.717, 1.165) is 5.69 Å². The molecular formula is C119H82BN4P. The van der Waals surface area contributed by atoms with Gasteiger partial charge in [-0.3, -0.25) is 0 Å². The molecule has 6 heteroatoms. The van der Waals surface area contributed by atoms with Crippen LogP contribution in [-0.4, -0.2) is 32.2 Å². The van der Waals surface area contributed by atoms with Crippen LogP contribution in [0.2, 0.25) is 0 Å². The number of nitrogens with zero attached hydrogens (tertiary/aromatic N) is 4. The van der Waals surface area contributed by atoms with Gasteiger partial charge >= 0.3 is 0 Å². The van der Waals surface area contributed by atoms with Crippen LogP contribution in [-0.2, 0) is 0 Å². The lowest BCUT2D eigenvalue weighted by Crippen LogP contribution is -1.95. The number of para-hydroxylation sites is 7. The zero-order chi connectivity index (χ0) is 83.3. The van der Waals surface area contributed by atoms with Crippen LogP contribution in [0.25, 0.3) is 220 Å². The fourth-order valence-corrected chi connectivity index (χ4v) is 19.5. The molecule has 4 aromatic heterocycles. The summed E-state index contributed by atoms with van der Waals surface area (Å²) in [5.41, 5.74) is 29.4. The van der Waals surface area contributed by atoms with Gasteiger partial charge < -0.3 is 18.3 Å². The fourth-order valence-electron chi connectivity index (χ4n) is 19.5. The van der Waals surface area contributed by atoms with Gasteiger partial charge in [0.15, 0.2) is 0 Å². The molecule has 0 fully saturated rings. The molecule has 0 spiro atoms. The predicted octanol–water partition coefficient (Wildman–Crippen LogP) is 32.1. The molecule has 25 rings (SSSR count). The molecule has 0 amide bonds. The van der Waals surface area contributed by atoms with Crippen molar-refractivity contribution in [3.05, 3.63) is 473 Å². The average Bonchev–Trinajstić information content (AvgIpc) is 1.18. The summed E-state index contributed by atoms with van der Waals surface area (Å²) in [4.78, 5) is 0. The smallest absolute Gasteiger partial charge is 0.0709 e. The van der Waals surface area contributed by atoms with Gasteiger partial charge in [-0.2, -0.15) is 0 Å². The zero-order valence-corrected chi connectivity index (χ0v) is 69.8. The van der Waals surface area contributed by atoms with Crippen molar-refractivity contribution < 1.29 is 0 Å². The topological polar surface area (TPSA) is 19.7 Å². The van der Waals surface area contributed by atoms with Gasteiger partial charge in [0.25, 0.3) is 0 Å². The first kappa shape index (κ1) is 75.6. The Morgan fingerprint density at radius 3 is 0.544 bits per heavy atom. The van der Waals surface area contributed by atoms with Gasteiger partial charge in [-0.25, -0.2) is 0 Å². The zero-order valence-electron chi connectivity index (χ0n) is 68.7. The lowest BCUT2D eigenvalue weighted by Gasteiger charge is -2.18. The molecule has 586 valence electrons. The van der Waals surface area contributed by atoms with Crippen LogP contribution >= 0.6 is 9.24 Å². The Morgan fingerprint density at radius 1 is 0.144 bits per heavy atom. The van der Waals surface area contributed by atoms with Crippen molar-refractivity contribution in [3.63, 3.8) is 0 Å². The van der Waals surface area contributed by atoms with Crippen molar-refractivity contribution in [3.8, 4) is 89.5 Å². The molecule has 2 radical (unpaired) electrons. The largest absolute Gasteiger partial charge is 0.309 e. The third-order valence-corrected chi connectivity index (χ3v) is 24.9. The van der Waals surface area contributed by atoms with Crippen molar-refractivity contribution >= 4 is 147 Å². The summed E-state index contributed by atoms with van der Waals surface area (Å²) >= 11 is 0. The van der Waals surface area contributed by atoms with Gasteiger partial charge in [0, 0.05) is 65.8 Å². The molecule has 0 aliphatic carbocycles. The van der Waals surface area contributed by atoms with Crippen LogP contribution in [0, 0.1) is 0 Å². The molecule has 0 aliphatic heterocycles. The van der Waals surface area contributed by atoms with E-state index in [1.54, 1.807) is 0 Å². The Labute approximate surface area is 729 Å². The molecule has 0 bridgehead atoms. The van der Waals surface area contributed by atoms with Crippen molar-refractivity contribution in [2.24, 2.45) is 0 Å². The molecule has 25 aromatic rings. The van der Waals surface area contributed by atoms with E-state index in [2.05, 4.69) is 501 Å². The first-order valence-corrected chi connectivity index (χ1v) is 43.7. The Balaban J connectivity index is 0.000000118. The summed E-state index contributed by atoms with van der Waals surface area (Å²) in [7, 11) is 7.17. The maximum atomic E-state index is 4.81. The van der Waals surface area contributed by atoms with Crippen LogP contribution in [0.4, 0.5) is 0 Å². The number of hydrogen-bond acceptors (Lipinski definition) is 0. The number of hydrogen-bond donors (Lipinski definition) is 0. The normalized spacial score (nSPS) is 11.5. The van der Waals surface area contributed by atoms with E-state index >= 15 is 0 Å². The van der Waals surface area contributed by atoms with Gasteiger partial charge in [0.05, 0.1) is 52.0 Å². The summed E-state index contributed by atoms with van der Waals surface area (Å²) in [6.07, 6.45) is 0. The molecule has 4 heterocycles.